The number of rotatable bonds is 5. The first-order valence-electron chi connectivity index (χ1n) is 6.81. The summed E-state index contributed by atoms with van der Waals surface area (Å²) in [4.78, 5) is 27.6. The largest absolute Gasteiger partial charge is 0.464 e. The molecule has 2 heterocycles. The molecule has 2 aromatic rings. The van der Waals surface area contributed by atoms with Crippen LogP contribution in [0.3, 0.4) is 0 Å². The zero-order valence-corrected chi connectivity index (χ0v) is 14.5. The predicted molar refractivity (Wildman–Crippen MR) is 89.0 cm³/mol. The number of hydrogen-bond donors (Lipinski definition) is 0. The molecule has 0 spiro atoms. The lowest BCUT2D eigenvalue weighted by atomic mass is 10.2. The van der Waals surface area contributed by atoms with E-state index >= 15 is 0 Å². The van der Waals surface area contributed by atoms with Crippen LogP contribution in [0.2, 0.25) is 5.28 Å². The molecular weight excluding hydrogens is 324 g/mol. The molecule has 0 aromatic carbocycles. The van der Waals surface area contributed by atoms with Gasteiger partial charge >= 0.3 is 5.97 Å². The molecule has 118 valence electrons. The normalized spacial score (nSPS) is 10.8. The molecule has 2 rings (SSSR count). The standard InChI is InChI=1S/C14H17ClN4O2S/c1-5-19(6-2)12-11-10(17-14(15)18-12)9(22-4)7-8(16-11)13(20)21-3/h7H,5-6H2,1-4H3. The van der Waals surface area contributed by atoms with Crippen molar-refractivity contribution < 1.29 is 9.53 Å². The monoisotopic (exact) mass is 340 g/mol. The number of nitrogens with zero attached hydrogens (tertiary/aromatic N) is 4. The average Bonchev–Trinajstić information content (AvgIpc) is 2.54. The highest BCUT2D eigenvalue weighted by molar-refractivity contribution is 7.98. The Hall–Kier alpha value is -1.60. The third kappa shape index (κ3) is 3.10. The molecule has 8 heteroatoms. The molecule has 0 atom stereocenters. The van der Waals surface area contributed by atoms with Crippen molar-refractivity contribution in [1.29, 1.82) is 0 Å². The summed E-state index contributed by atoms with van der Waals surface area (Å²) in [6, 6.07) is 1.66. The fourth-order valence-electron chi connectivity index (χ4n) is 2.14. The Morgan fingerprint density at radius 1 is 1.27 bits per heavy atom. The number of carbonyl (C=O) groups excluding carboxylic acids is 1. The number of fused-ring (bicyclic) bond motifs is 1. The first kappa shape index (κ1) is 16.8. The predicted octanol–water partition coefficient (Wildman–Crippen LogP) is 3.03. The SMILES string of the molecule is CCN(CC)c1nc(Cl)nc2c(SC)cc(C(=O)OC)nc12. The summed E-state index contributed by atoms with van der Waals surface area (Å²) < 4.78 is 4.77. The summed E-state index contributed by atoms with van der Waals surface area (Å²) >= 11 is 7.53. The van der Waals surface area contributed by atoms with E-state index < -0.39 is 5.97 Å². The molecule has 0 fully saturated rings. The molecule has 0 saturated heterocycles. The Morgan fingerprint density at radius 2 is 1.95 bits per heavy atom. The van der Waals surface area contributed by atoms with Crippen molar-refractivity contribution in [1.82, 2.24) is 15.0 Å². The Labute approximate surface area is 138 Å². The van der Waals surface area contributed by atoms with Crippen LogP contribution in [-0.2, 0) is 4.74 Å². The van der Waals surface area contributed by atoms with Crippen LogP contribution >= 0.6 is 23.4 Å². The van der Waals surface area contributed by atoms with Gasteiger partial charge in [0.15, 0.2) is 5.82 Å². The van der Waals surface area contributed by atoms with Crippen molar-refractivity contribution in [2.45, 2.75) is 18.7 Å². The molecule has 0 bridgehead atoms. The van der Waals surface area contributed by atoms with Crippen LogP contribution in [0, 0.1) is 0 Å². The number of thioether (sulfide) groups is 1. The highest BCUT2D eigenvalue weighted by Crippen LogP contribution is 2.31. The number of pyridine rings is 1. The van der Waals surface area contributed by atoms with E-state index in [9.17, 15) is 4.79 Å². The van der Waals surface area contributed by atoms with E-state index in [-0.39, 0.29) is 11.0 Å². The lowest BCUT2D eigenvalue weighted by molar-refractivity contribution is 0.0594. The fourth-order valence-corrected chi connectivity index (χ4v) is 2.87. The first-order valence-corrected chi connectivity index (χ1v) is 8.41. The number of halogens is 1. The van der Waals surface area contributed by atoms with Gasteiger partial charge in [0.1, 0.15) is 16.7 Å². The minimum absolute atomic E-state index is 0.164. The van der Waals surface area contributed by atoms with Gasteiger partial charge in [0.05, 0.1) is 7.11 Å². The van der Waals surface area contributed by atoms with Crippen molar-refractivity contribution >= 4 is 46.2 Å². The molecule has 0 N–H and O–H groups in total. The highest BCUT2D eigenvalue weighted by Gasteiger charge is 2.19. The molecular formula is C14H17ClN4O2S. The second-order valence-electron chi connectivity index (χ2n) is 4.39. The molecule has 0 aliphatic rings. The van der Waals surface area contributed by atoms with Crippen LogP contribution in [0.1, 0.15) is 24.3 Å². The Bertz CT molecular complexity index is 707. The zero-order chi connectivity index (χ0) is 16.3. The lowest BCUT2D eigenvalue weighted by Crippen LogP contribution is -2.24. The van der Waals surface area contributed by atoms with Gasteiger partial charge in [0.25, 0.3) is 0 Å². The zero-order valence-electron chi connectivity index (χ0n) is 12.9. The van der Waals surface area contributed by atoms with Crippen molar-refractivity contribution in [2.24, 2.45) is 0 Å². The van der Waals surface area contributed by atoms with E-state index in [0.717, 1.165) is 18.0 Å². The van der Waals surface area contributed by atoms with Crippen LogP contribution < -0.4 is 4.90 Å². The second-order valence-corrected chi connectivity index (χ2v) is 5.57. The molecule has 22 heavy (non-hydrogen) atoms. The third-order valence-corrected chi connectivity index (χ3v) is 4.17. The van der Waals surface area contributed by atoms with E-state index in [2.05, 4.69) is 15.0 Å². The average molecular weight is 341 g/mol. The topological polar surface area (TPSA) is 68.2 Å². The second kappa shape index (κ2) is 7.11. The molecule has 6 nitrogen and oxygen atoms in total. The van der Waals surface area contributed by atoms with Crippen molar-refractivity contribution in [3.8, 4) is 0 Å². The van der Waals surface area contributed by atoms with Gasteiger partial charge in [-0.1, -0.05) is 0 Å². The minimum Gasteiger partial charge on any atom is -0.464 e. The van der Waals surface area contributed by atoms with Crippen LogP contribution in [0.25, 0.3) is 11.0 Å². The molecule has 0 radical (unpaired) electrons. The molecule has 2 aromatic heterocycles. The summed E-state index contributed by atoms with van der Waals surface area (Å²) in [7, 11) is 1.33. The van der Waals surface area contributed by atoms with Crippen LogP contribution in [0.5, 0.6) is 0 Å². The Kier molecular flexibility index (Phi) is 5.42. The van der Waals surface area contributed by atoms with E-state index in [1.165, 1.54) is 18.9 Å². The number of hydrogen-bond acceptors (Lipinski definition) is 7. The molecule has 0 unspecified atom stereocenters. The number of anilines is 1. The van der Waals surface area contributed by atoms with Gasteiger partial charge in [-0.25, -0.2) is 14.8 Å². The van der Waals surface area contributed by atoms with Gasteiger partial charge < -0.3 is 9.64 Å². The lowest BCUT2D eigenvalue weighted by Gasteiger charge is -2.21. The van der Waals surface area contributed by atoms with Gasteiger partial charge in [0.2, 0.25) is 5.28 Å². The van der Waals surface area contributed by atoms with Crippen molar-refractivity contribution in [3.63, 3.8) is 0 Å². The van der Waals surface area contributed by atoms with E-state index in [1.54, 1.807) is 6.07 Å². The maximum absolute atomic E-state index is 11.8. The number of esters is 1. The summed E-state index contributed by atoms with van der Waals surface area (Å²) in [5.74, 6) is 0.138. The number of carbonyl (C=O) groups is 1. The quantitative estimate of drug-likeness (QED) is 0.470. The number of methoxy groups -OCH3 is 1. The van der Waals surface area contributed by atoms with Crippen LogP contribution in [0.4, 0.5) is 5.82 Å². The Morgan fingerprint density at radius 3 is 2.50 bits per heavy atom. The van der Waals surface area contributed by atoms with Crippen LogP contribution in [0.15, 0.2) is 11.0 Å². The summed E-state index contributed by atoms with van der Waals surface area (Å²) in [5.41, 5.74) is 1.43. The fraction of sp³-hybridized carbons (Fsp3) is 0.429. The number of aromatic nitrogens is 3. The van der Waals surface area contributed by atoms with Crippen molar-refractivity contribution in [3.05, 3.63) is 17.0 Å². The van der Waals surface area contributed by atoms with E-state index in [0.29, 0.717) is 16.9 Å². The highest BCUT2D eigenvalue weighted by atomic mass is 35.5. The van der Waals surface area contributed by atoms with Gasteiger partial charge in [-0.2, -0.15) is 4.98 Å². The molecule has 0 aliphatic heterocycles. The van der Waals surface area contributed by atoms with E-state index in [1.807, 2.05) is 25.0 Å². The van der Waals surface area contributed by atoms with E-state index in [4.69, 9.17) is 16.3 Å². The van der Waals surface area contributed by atoms with Crippen molar-refractivity contribution in [2.75, 3.05) is 31.4 Å². The van der Waals surface area contributed by atoms with Crippen LogP contribution in [-0.4, -0.2) is 47.4 Å². The Balaban J connectivity index is 2.81. The maximum atomic E-state index is 11.8. The smallest absolute Gasteiger partial charge is 0.356 e. The minimum atomic E-state index is -0.488. The van der Waals surface area contributed by atoms with Gasteiger partial charge in [-0.3, -0.25) is 0 Å². The first-order chi connectivity index (χ1) is 10.5. The van der Waals surface area contributed by atoms with Gasteiger partial charge in [-0.05, 0) is 37.8 Å². The third-order valence-electron chi connectivity index (χ3n) is 3.25. The number of ether oxygens (including phenoxy) is 1. The summed E-state index contributed by atoms with van der Waals surface area (Å²) in [5, 5.41) is 0.164. The maximum Gasteiger partial charge on any atom is 0.356 e. The van der Waals surface area contributed by atoms with Gasteiger partial charge in [0, 0.05) is 18.0 Å². The molecule has 0 aliphatic carbocycles. The molecule has 0 amide bonds. The molecule has 0 saturated carbocycles. The summed E-state index contributed by atoms with van der Waals surface area (Å²) in [6.45, 7) is 5.53. The van der Waals surface area contributed by atoms with Gasteiger partial charge in [-0.15, -0.1) is 11.8 Å². The summed E-state index contributed by atoms with van der Waals surface area (Å²) in [6.07, 6.45) is 1.91.